The number of nitrogens with one attached hydrogen (secondary N) is 1. The van der Waals surface area contributed by atoms with Crippen LogP contribution in [0.15, 0.2) is 18.2 Å². The van der Waals surface area contributed by atoms with E-state index in [0.717, 1.165) is 0 Å². The molecule has 0 aliphatic rings. The first kappa shape index (κ1) is 14.5. The molecule has 0 bridgehead atoms. The summed E-state index contributed by atoms with van der Waals surface area (Å²) < 4.78 is 13.9. The quantitative estimate of drug-likeness (QED) is 0.897. The Kier molecular flexibility index (Phi) is 4.09. The Bertz CT molecular complexity index is 643. The summed E-state index contributed by atoms with van der Waals surface area (Å²) in [6.07, 6.45) is 0. The highest BCUT2D eigenvalue weighted by Crippen LogP contribution is 2.28. The van der Waals surface area contributed by atoms with Gasteiger partial charge in [-0.2, -0.15) is 0 Å². The fourth-order valence-electron chi connectivity index (χ4n) is 1.66. The molecule has 0 aliphatic carbocycles. The highest BCUT2D eigenvalue weighted by molar-refractivity contribution is 6.31. The Morgan fingerprint density at radius 2 is 2.00 bits per heavy atom. The van der Waals surface area contributed by atoms with E-state index >= 15 is 0 Å². The number of aromatic nitrogens is 2. The van der Waals surface area contributed by atoms with Gasteiger partial charge < -0.3 is 11.1 Å². The highest BCUT2D eigenvalue weighted by atomic mass is 35.5. The standard InChI is InChI=1S/C14H16ClFN4/c1-7(2)13-19-12(17)8(3)14(20-13)18-10-6-4-5-9(15)11(10)16/h4-7H,1-3H3,(H3,17,18,19,20). The van der Waals surface area contributed by atoms with Crippen LogP contribution in [0.3, 0.4) is 0 Å². The van der Waals surface area contributed by atoms with Gasteiger partial charge in [0.25, 0.3) is 0 Å². The van der Waals surface area contributed by atoms with Crippen molar-refractivity contribution in [2.45, 2.75) is 26.7 Å². The molecule has 6 heteroatoms. The first-order valence-corrected chi connectivity index (χ1v) is 6.63. The lowest BCUT2D eigenvalue weighted by Gasteiger charge is -2.14. The van der Waals surface area contributed by atoms with Crippen LogP contribution in [-0.2, 0) is 0 Å². The molecule has 106 valence electrons. The normalized spacial score (nSPS) is 10.9. The molecular weight excluding hydrogens is 279 g/mol. The second-order valence-electron chi connectivity index (χ2n) is 4.82. The number of hydrogen-bond acceptors (Lipinski definition) is 4. The molecule has 1 aromatic heterocycles. The van der Waals surface area contributed by atoms with Gasteiger partial charge >= 0.3 is 0 Å². The Labute approximate surface area is 122 Å². The van der Waals surface area contributed by atoms with E-state index < -0.39 is 5.82 Å². The van der Waals surface area contributed by atoms with Crippen molar-refractivity contribution in [1.82, 2.24) is 9.97 Å². The van der Waals surface area contributed by atoms with Gasteiger partial charge in [0, 0.05) is 11.5 Å². The average Bonchev–Trinajstić information content (AvgIpc) is 2.39. The number of nitrogens with two attached hydrogens (primary N) is 1. The number of nitrogen functional groups attached to an aromatic ring is 1. The third-order valence-corrected chi connectivity index (χ3v) is 3.21. The maximum Gasteiger partial charge on any atom is 0.165 e. The van der Waals surface area contributed by atoms with Crippen LogP contribution in [0.1, 0.15) is 31.2 Å². The Hall–Kier alpha value is -1.88. The third-order valence-electron chi connectivity index (χ3n) is 2.92. The van der Waals surface area contributed by atoms with Gasteiger partial charge in [0.1, 0.15) is 17.5 Å². The summed E-state index contributed by atoms with van der Waals surface area (Å²) in [5.41, 5.74) is 6.80. The van der Waals surface area contributed by atoms with E-state index in [4.69, 9.17) is 17.3 Å². The third kappa shape index (κ3) is 2.82. The van der Waals surface area contributed by atoms with E-state index in [1.807, 2.05) is 13.8 Å². The summed E-state index contributed by atoms with van der Waals surface area (Å²) in [5.74, 6) is 1.09. The van der Waals surface area contributed by atoms with Crippen LogP contribution in [-0.4, -0.2) is 9.97 Å². The largest absolute Gasteiger partial charge is 0.383 e. The van der Waals surface area contributed by atoms with Gasteiger partial charge in [-0.1, -0.05) is 31.5 Å². The van der Waals surface area contributed by atoms with Gasteiger partial charge in [-0.25, -0.2) is 14.4 Å². The smallest absolute Gasteiger partial charge is 0.165 e. The lowest BCUT2D eigenvalue weighted by Crippen LogP contribution is -2.08. The minimum absolute atomic E-state index is 0.0544. The maximum absolute atomic E-state index is 13.9. The molecule has 0 fully saturated rings. The zero-order valence-corrected chi connectivity index (χ0v) is 12.3. The molecular formula is C14H16ClFN4. The van der Waals surface area contributed by atoms with Crippen molar-refractivity contribution in [1.29, 1.82) is 0 Å². The Balaban J connectivity index is 2.45. The number of nitrogens with zero attached hydrogens (tertiary/aromatic N) is 2. The van der Waals surface area contributed by atoms with Crippen LogP contribution in [0.4, 0.5) is 21.7 Å². The monoisotopic (exact) mass is 294 g/mol. The van der Waals surface area contributed by atoms with Crippen molar-refractivity contribution in [2.75, 3.05) is 11.1 Å². The molecule has 2 aromatic rings. The van der Waals surface area contributed by atoms with E-state index in [0.29, 0.717) is 23.0 Å². The minimum Gasteiger partial charge on any atom is -0.383 e. The number of anilines is 3. The van der Waals surface area contributed by atoms with Crippen molar-refractivity contribution in [2.24, 2.45) is 0 Å². The van der Waals surface area contributed by atoms with E-state index in [2.05, 4.69) is 15.3 Å². The molecule has 20 heavy (non-hydrogen) atoms. The van der Waals surface area contributed by atoms with Crippen molar-refractivity contribution >= 4 is 28.9 Å². The average molecular weight is 295 g/mol. The van der Waals surface area contributed by atoms with Crippen molar-refractivity contribution in [3.8, 4) is 0 Å². The summed E-state index contributed by atoms with van der Waals surface area (Å²) in [5, 5.41) is 2.98. The van der Waals surface area contributed by atoms with Crippen LogP contribution in [0, 0.1) is 12.7 Å². The topological polar surface area (TPSA) is 63.8 Å². The van der Waals surface area contributed by atoms with Crippen LogP contribution in [0.2, 0.25) is 5.02 Å². The van der Waals surface area contributed by atoms with Crippen LogP contribution in [0.25, 0.3) is 0 Å². The van der Waals surface area contributed by atoms with Crippen molar-refractivity contribution in [3.05, 3.63) is 40.4 Å². The molecule has 0 amide bonds. The van der Waals surface area contributed by atoms with Gasteiger partial charge in [-0.3, -0.25) is 0 Å². The maximum atomic E-state index is 13.9. The molecule has 0 aliphatic heterocycles. The molecule has 0 radical (unpaired) electrons. The zero-order valence-electron chi connectivity index (χ0n) is 11.5. The van der Waals surface area contributed by atoms with Gasteiger partial charge in [-0.15, -0.1) is 0 Å². The van der Waals surface area contributed by atoms with Crippen molar-refractivity contribution in [3.63, 3.8) is 0 Å². The molecule has 4 nitrogen and oxygen atoms in total. The number of halogens is 2. The summed E-state index contributed by atoms with van der Waals surface area (Å²) >= 11 is 5.76. The molecule has 1 heterocycles. The molecule has 3 N–H and O–H groups in total. The van der Waals surface area contributed by atoms with Gasteiger partial charge in [0.05, 0.1) is 10.7 Å². The second kappa shape index (κ2) is 5.63. The summed E-state index contributed by atoms with van der Waals surface area (Å²) in [7, 11) is 0. The summed E-state index contributed by atoms with van der Waals surface area (Å²) in [6, 6.07) is 4.74. The summed E-state index contributed by atoms with van der Waals surface area (Å²) in [4.78, 5) is 8.61. The van der Waals surface area contributed by atoms with Gasteiger partial charge in [-0.05, 0) is 19.1 Å². The lowest BCUT2D eigenvalue weighted by molar-refractivity contribution is 0.632. The fraction of sp³-hybridized carbons (Fsp3) is 0.286. The first-order valence-electron chi connectivity index (χ1n) is 6.25. The van der Waals surface area contributed by atoms with E-state index in [9.17, 15) is 4.39 Å². The second-order valence-corrected chi connectivity index (χ2v) is 5.23. The van der Waals surface area contributed by atoms with Crippen LogP contribution >= 0.6 is 11.6 Å². The molecule has 0 saturated carbocycles. The van der Waals surface area contributed by atoms with E-state index in [1.165, 1.54) is 6.07 Å². The molecule has 0 spiro atoms. The number of rotatable bonds is 3. The van der Waals surface area contributed by atoms with E-state index in [-0.39, 0.29) is 16.6 Å². The zero-order chi connectivity index (χ0) is 14.9. The highest BCUT2D eigenvalue weighted by Gasteiger charge is 2.13. The van der Waals surface area contributed by atoms with Crippen molar-refractivity contribution < 1.29 is 4.39 Å². The van der Waals surface area contributed by atoms with Gasteiger partial charge in [0.2, 0.25) is 0 Å². The first-order chi connectivity index (χ1) is 9.40. The van der Waals surface area contributed by atoms with Crippen LogP contribution < -0.4 is 11.1 Å². The Morgan fingerprint density at radius 1 is 1.30 bits per heavy atom. The molecule has 0 unspecified atom stereocenters. The van der Waals surface area contributed by atoms with Gasteiger partial charge in [0.15, 0.2) is 5.82 Å². The predicted molar refractivity (Wildman–Crippen MR) is 80.0 cm³/mol. The number of benzene rings is 1. The molecule has 2 rings (SSSR count). The number of hydrogen-bond donors (Lipinski definition) is 2. The molecule has 0 atom stereocenters. The lowest BCUT2D eigenvalue weighted by atomic mass is 10.2. The van der Waals surface area contributed by atoms with E-state index in [1.54, 1.807) is 19.1 Å². The predicted octanol–water partition coefficient (Wildman–Crippen LogP) is 4.03. The Morgan fingerprint density at radius 3 is 2.65 bits per heavy atom. The minimum atomic E-state index is -0.517. The molecule has 0 saturated heterocycles. The summed E-state index contributed by atoms with van der Waals surface area (Å²) in [6.45, 7) is 5.71. The SMILES string of the molecule is Cc1c(N)nc(C(C)C)nc1Nc1cccc(Cl)c1F. The molecule has 1 aromatic carbocycles. The van der Waals surface area contributed by atoms with Crippen LogP contribution in [0.5, 0.6) is 0 Å². The fourth-order valence-corrected chi connectivity index (χ4v) is 1.83.